The highest BCUT2D eigenvalue weighted by molar-refractivity contribution is 5.95. The van der Waals surface area contributed by atoms with Crippen LogP contribution in [0.15, 0.2) is 29.3 Å². The molecule has 4 heteroatoms. The molecule has 0 bridgehead atoms. The monoisotopic (exact) mass is 246 g/mol. The van der Waals surface area contributed by atoms with Crippen LogP contribution in [0.2, 0.25) is 0 Å². The molecule has 1 aromatic rings. The van der Waals surface area contributed by atoms with Crippen LogP contribution >= 0.6 is 0 Å². The Kier molecular flexibility index (Phi) is 2.96. The van der Waals surface area contributed by atoms with Crippen LogP contribution in [-0.4, -0.2) is 31.2 Å². The number of rotatable bonds is 2. The molecule has 1 heterocycles. The molecule has 1 saturated carbocycles. The maximum Gasteiger partial charge on any atom is 0.216 e. The average Bonchev–Trinajstić information content (AvgIpc) is 2.81. The van der Waals surface area contributed by atoms with Crippen molar-refractivity contribution in [1.29, 1.82) is 0 Å². The average molecular weight is 246 g/mol. The fraction of sp³-hybridized carbons (Fsp3) is 0.500. The van der Waals surface area contributed by atoms with Gasteiger partial charge in [-0.3, -0.25) is 0 Å². The lowest BCUT2D eigenvalue weighted by Gasteiger charge is -2.26. The van der Waals surface area contributed by atoms with Gasteiger partial charge in [-0.25, -0.2) is 4.99 Å². The van der Waals surface area contributed by atoms with Gasteiger partial charge in [-0.1, -0.05) is 6.07 Å². The molecule has 3 atom stereocenters. The topological polar surface area (TPSA) is 56.8 Å². The van der Waals surface area contributed by atoms with Crippen LogP contribution in [0.25, 0.3) is 0 Å². The summed E-state index contributed by atoms with van der Waals surface area (Å²) >= 11 is 0. The van der Waals surface area contributed by atoms with Crippen LogP contribution < -0.4 is 10.5 Å². The van der Waals surface area contributed by atoms with Crippen LogP contribution in [0.1, 0.15) is 24.8 Å². The van der Waals surface area contributed by atoms with Crippen molar-refractivity contribution in [3.63, 3.8) is 0 Å². The minimum absolute atomic E-state index is 0.162. The number of methoxy groups -OCH3 is 1. The molecule has 18 heavy (non-hydrogen) atoms. The van der Waals surface area contributed by atoms with Gasteiger partial charge in [0.25, 0.3) is 0 Å². The van der Waals surface area contributed by atoms with E-state index in [2.05, 4.69) is 4.99 Å². The molecule has 1 aromatic carbocycles. The van der Waals surface area contributed by atoms with Gasteiger partial charge in [-0.15, -0.1) is 0 Å². The predicted octanol–water partition coefficient (Wildman–Crippen LogP) is 1.72. The van der Waals surface area contributed by atoms with Gasteiger partial charge in [0.05, 0.1) is 13.2 Å². The number of hydrogen-bond acceptors (Lipinski definition) is 4. The first-order chi connectivity index (χ1) is 8.76. The highest BCUT2D eigenvalue weighted by atomic mass is 16.5. The van der Waals surface area contributed by atoms with Crippen molar-refractivity contribution >= 4 is 5.90 Å². The summed E-state index contributed by atoms with van der Waals surface area (Å²) in [6.07, 6.45) is 3.13. The summed E-state index contributed by atoms with van der Waals surface area (Å²) < 4.78 is 11.2. The van der Waals surface area contributed by atoms with Crippen molar-refractivity contribution in [3.8, 4) is 5.75 Å². The molecule has 3 rings (SSSR count). The van der Waals surface area contributed by atoms with Crippen molar-refractivity contribution in [2.45, 2.75) is 37.5 Å². The second kappa shape index (κ2) is 4.61. The van der Waals surface area contributed by atoms with Crippen molar-refractivity contribution in [1.82, 2.24) is 0 Å². The lowest BCUT2D eigenvalue weighted by atomic mass is 9.90. The van der Waals surface area contributed by atoms with Gasteiger partial charge >= 0.3 is 0 Å². The normalized spacial score (nSPS) is 30.3. The Balaban J connectivity index is 1.81. The summed E-state index contributed by atoms with van der Waals surface area (Å²) in [4.78, 5) is 4.67. The zero-order chi connectivity index (χ0) is 12.5. The molecule has 0 aromatic heterocycles. The fourth-order valence-corrected chi connectivity index (χ4v) is 2.64. The highest BCUT2D eigenvalue weighted by Gasteiger charge is 2.36. The number of ether oxygens (including phenoxy) is 2. The molecule has 2 N–H and O–H groups in total. The number of hydrogen-bond donors (Lipinski definition) is 1. The maximum atomic E-state index is 5.97. The SMILES string of the molecule is COc1cccc(C2=NC3CCC(N)CC3O2)c1. The summed E-state index contributed by atoms with van der Waals surface area (Å²) in [6.45, 7) is 0. The zero-order valence-electron chi connectivity index (χ0n) is 10.5. The maximum absolute atomic E-state index is 5.97. The molecule has 4 nitrogen and oxygen atoms in total. The van der Waals surface area contributed by atoms with Crippen molar-refractivity contribution < 1.29 is 9.47 Å². The summed E-state index contributed by atoms with van der Waals surface area (Å²) in [5.41, 5.74) is 6.95. The molecular formula is C14H18N2O2. The van der Waals surface area contributed by atoms with E-state index < -0.39 is 0 Å². The predicted molar refractivity (Wildman–Crippen MR) is 70.0 cm³/mol. The summed E-state index contributed by atoms with van der Waals surface area (Å²) in [6, 6.07) is 8.36. The second-order valence-corrected chi connectivity index (χ2v) is 4.96. The third-order valence-electron chi connectivity index (χ3n) is 3.66. The number of fused-ring (bicyclic) bond motifs is 1. The standard InChI is InChI=1S/C14H18N2O2/c1-17-11-4-2-3-9(7-11)14-16-12-6-5-10(15)8-13(12)18-14/h2-4,7,10,12-13H,5-6,8,15H2,1H3. The largest absolute Gasteiger partial charge is 0.497 e. The van der Waals surface area contributed by atoms with Crippen LogP contribution in [-0.2, 0) is 4.74 Å². The van der Waals surface area contributed by atoms with Crippen LogP contribution in [0.3, 0.4) is 0 Å². The molecular weight excluding hydrogens is 228 g/mol. The highest BCUT2D eigenvalue weighted by Crippen LogP contribution is 2.30. The Labute approximate surface area is 107 Å². The first-order valence-corrected chi connectivity index (χ1v) is 6.41. The summed E-state index contributed by atoms with van der Waals surface area (Å²) in [5, 5.41) is 0. The number of aliphatic imine (C=N–C) groups is 1. The third kappa shape index (κ3) is 2.08. The molecule has 3 unspecified atom stereocenters. The van der Waals surface area contributed by atoms with Crippen LogP contribution in [0.5, 0.6) is 5.75 Å². The minimum Gasteiger partial charge on any atom is -0.497 e. The Morgan fingerprint density at radius 2 is 2.28 bits per heavy atom. The van der Waals surface area contributed by atoms with E-state index >= 15 is 0 Å². The molecule has 0 spiro atoms. The Hall–Kier alpha value is -1.55. The van der Waals surface area contributed by atoms with Gasteiger partial charge in [0, 0.05) is 18.0 Å². The van der Waals surface area contributed by atoms with Gasteiger partial charge in [0.1, 0.15) is 11.9 Å². The lowest BCUT2D eigenvalue weighted by Crippen LogP contribution is -2.37. The van der Waals surface area contributed by atoms with E-state index in [0.29, 0.717) is 0 Å². The third-order valence-corrected chi connectivity index (χ3v) is 3.66. The van der Waals surface area contributed by atoms with E-state index in [0.717, 1.165) is 36.5 Å². The molecule has 1 aliphatic carbocycles. The molecule has 0 amide bonds. The second-order valence-electron chi connectivity index (χ2n) is 4.96. The summed E-state index contributed by atoms with van der Waals surface area (Å²) in [5.74, 6) is 1.56. The van der Waals surface area contributed by atoms with E-state index in [4.69, 9.17) is 15.2 Å². The number of nitrogens with two attached hydrogens (primary N) is 1. The van der Waals surface area contributed by atoms with Gasteiger partial charge in [0.15, 0.2) is 0 Å². The van der Waals surface area contributed by atoms with Crippen LogP contribution in [0.4, 0.5) is 0 Å². The lowest BCUT2D eigenvalue weighted by molar-refractivity contribution is 0.142. The van der Waals surface area contributed by atoms with Crippen LogP contribution in [0, 0.1) is 0 Å². The van der Waals surface area contributed by atoms with E-state index in [9.17, 15) is 0 Å². The fourth-order valence-electron chi connectivity index (χ4n) is 2.64. The summed E-state index contributed by atoms with van der Waals surface area (Å²) in [7, 11) is 1.66. The molecule has 1 fully saturated rings. The zero-order valence-corrected chi connectivity index (χ0v) is 10.5. The van der Waals surface area contributed by atoms with E-state index in [-0.39, 0.29) is 18.2 Å². The molecule has 0 radical (unpaired) electrons. The first kappa shape index (κ1) is 11.5. The molecule has 96 valence electrons. The van der Waals surface area contributed by atoms with E-state index in [1.807, 2.05) is 24.3 Å². The molecule has 1 aliphatic heterocycles. The van der Waals surface area contributed by atoms with Gasteiger partial charge in [-0.2, -0.15) is 0 Å². The number of nitrogens with zero attached hydrogens (tertiary/aromatic N) is 1. The molecule has 2 aliphatic rings. The van der Waals surface area contributed by atoms with Crippen molar-refractivity contribution in [3.05, 3.63) is 29.8 Å². The van der Waals surface area contributed by atoms with Gasteiger partial charge < -0.3 is 15.2 Å². The smallest absolute Gasteiger partial charge is 0.216 e. The van der Waals surface area contributed by atoms with Crippen molar-refractivity contribution in [2.24, 2.45) is 10.7 Å². The van der Waals surface area contributed by atoms with Gasteiger partial charge in [-0.05, 0) is 31.0 Å². The Morgan fingerprint density at radius 3 is 3.11 bits per heavy atom. The first-order valence-electron chi connectivity index (χ1n) is 6.41. The van der Waals surface area contributed by atoms with E-state index in [1.54, 1.807) is 7.11 Å². The van der Waals surface area contributed by atoms with E-state index in [1.165, 1.54) is 0 Å². The number of benzene rings is 1. The van der Waals surface area contributed by atoms with Crippen molar-refractivity contribution in [2.75, 3.05) is 7.11 Å². The molecule has 0 saturated heterocycles. The Morgan fingerprint density at radius 1 is 1.39 bits per heavy atom. The van der Waals surface area contributed by atoms with Gasteiger partial charge in [0.2, 0.25) is 5.90 Å². The Bertz CT molecular complexity index is 473. The minimum atomic E-state index is 0.162. The quantitative estimate of drug-likeness (QED) is 0.864.